The molecule has 0 saturated heterocycles. The van der Waals surface area contributed by atoms with Gasteiger partial charge in [0.1, 0.15) is 0 Å². The number of hydrogen-bond donors (Lipinski definition) is 0. The van der Waals surface area contributed by atoms with E-state index in [2.05, 4.69) is 0 Å². The summed E-state index contributed by atoms with van der Waals surface area (Å²) in [5, 5.41) is 0. The zero-order chi connectivity index (χ0) is 18.9. The Balaban J connectivity index is 2.71. The molecule has 0 amide bonds. The molecule has 0 spiro atoms. The van der Waals surface area contributed by atoms with E-state index in [1.165, 1.54) is 30.3 Å². The molecule has 0 saturated carbocycles. The Labute approximate surface area is 142 Å². The van der Waals surface area contributed by atoms with Gasteiger partial charge >= 0.3 is 12.4 Å². The normalized spacial score (nSPS) is 13.3. The van der Waals surface area contributed by atoms with Gasteiger partial charge in [0.2, 0.25) is 5.41 Å². The lowest BCUT2D eigenvalue weighted by Crippen LogP contribution is -2.54. The van der Waals surface area contributed by atoms with Crippen LogP contribution in [0.2, 0.25) is 0 Å². The maximum atomic E-state index is 13.8. The van der Waals surface area contributed by atoms with Gasteiger partial charge in [0.05, 0.1) is 0 Å². The summed E-state index contributed by atoms with van der Waals surface area (Å²) < 4.78 is 83.0. The van der Waals surface area contributed by atoms with Crippen molar-refractivity contribution in [1.82, 2.24) is 0 Å². The second-order valence-corrected chi connectivity index (χ2v) is 6.41. The minimum atomic E-state index is -5.54. The molecule has 0 unspecified atom stereocenters. The SMILES string of the molecule is CC(C)Cc1ccc(C(c2ccccc2)(C(F)(F)F)C(F)(F)F)cc1. The molecular formula is C19H18F6. The van der Waals surface area contributed by atoms with Crippen LogP contribution in [-0.2, 0) is 11.8 Å². The Hall–Kier alpha value is -1.98. The minimum absolute atomic E-state index is 0.245. The monoisotopic (exact) mass is 360 g/mol. The summed E-state index contributed by atoms with van der Waals surface area (Å²) in [6.45, 7) is 3.85. The van der Waals surface area contributed by atoms with E-state index in [1.807, 2.05) is 13.8 Å². The average Bonchev–Trinajstić information content (AvgIpc) is 2.47. The molecule has 0 aliphatic heterocycles. The summed E-state index contributed by atoms with van der Waals surface area (Å²) in [7, 11) is 0. The van der Waals surface area contributed by atoms with Gasteiger partial charge in [0, 0.05) is 0 Å². The molecule has 0 aliphatic rings. The van der Waals surface area contributed by atoms with E-state index in [9.17, 15) is 26.3 Å². The van der Waals surface area contributed by atoms with Crippen LogP contribution in [0, 0.1) is 5.92 Å². The number of halogens is 6. The molecular weight excluding hydrogens is 342 g/mol. The van der Waals surface area contributed by atoms with Crippen molar-refractivity contribution in [2.45, 2.75) is 38.0 Å². The van der Waals surface area contributed by atoms with Crippen molar-refractivity contribution in [2.75, 3.05) is 0 Å². The van der Waals surface area contributed by atoms with Gasteiger partial charge in [-0.2, -0.15) is 26.3 Å². The first-order chi connectivity index (χ1) is 11.5. The van der Waals surface area contributed by atoms with Crippen LogP contribution in [0.5, 0.6) is 0 Å². The van der Waals surface area contributed by atoms with Crippen LogP contribution in [0.3, 0.4) is 0 Å². The van der Waals surface area contributed by atoms with Crippen LogP contribution in [0.1, 0.15) is 30.5 Å². The largest absolute Gasteiger partial charge is 0.411 e. The molecule has 0 aliphatic carbocycles. The van der Waals surface area contributed by atoms with Gasteiger partial charge in [0.25, 0.3) is 0 Å². The van der Waals surface area contributed by atoms with Crippen LogP contribution < -0.4 is 0 Å². The molecule has 136 valence electrons. The van der Waals surface area contributed by atoms with Gasteiger partial charge in [-0.25, -0.2) is 0 Å². The lowest BCUT2D eigenvalue weighted by atomic mass is 9.72. The molecule has 2 aromatic carbocycles. The fraction of sp³-hybridized carbons (Fsp3) is 0.368. The lowest BCUT2D eigenvalue weighted by molar-refractivity contribution is -0.288. The van der Waals surface area contributed by atoms with Gasteiger partial charge in [-0.3, -0.25) is 0 Å². The quantitative estimate of drug-likeness (QED) is 0.562. The fourth-order valence-electron chi connectivity index (χ4n) is 3.03. The van der Waals surface area contributed by atoms with Gasteiger partial charge in [-0.05, 0) is 29.0 Å². The van der Waals surface area contributed by atoms with Gasteiger partial charge < -0.3 is 0 Å². The summed E-state index contributed by atoms with van der Waals surface area (Å²) >= 11 is 0. The van der Waals surface area contributed by atoms with E-state index in [-0.39, 0.29) is 5.92 Å². The minimum Gasteiger partial charge on any atom is -0.169 e. The number of benzene rings is 2. The van der Waals surface area contributed by atoms with Crippen molar-refractivity contribution in [3.8, 4) is 0 Å². The first kappa shape index (κ1) is 19.3. The van der Waals surface area contributed by atoms with Crippen molar-refractivity contribution < 1.29 is 26.3 Å². The summed E-state index contributed by atoms with van der Waals surface area (Å²) in [6.07, 6.45) is -10.5. The standard InChI is InChI=1S/C19H18F6/c1-13(2)12-14-8-10-16(11-9-14)17(18(20,21)22,19(23,24)25)15-6-4-3-5-7-15/h3-11,13H,12H2,1-2H3. The van der Waals surface area contributed by atoms with Crippen molar-refractivity contribution in [3.63, 3.8) is 0 Å². The smallest absolute Gasteiger partial charge is 0.169 e. The molecule has 0 radical (unpaired) electrons. The van der Waals surface area contributed by atoms with Crippen LogP contribution in [-0.4, -0.2) is 12.4 Å². The second-order valence-electron chi connectivity index (χ2n) is 6.41. The highest BCUT2D eigenvalue weighted by Gasteiger charge is 2.72. The predicted octanol–water partition coefficient (Wildman–Crippen LogP) is 6.30. The Morgan fingerprint density at radius 2 is 1.12 bits per heavy atom. The van der Waals surface area contributed by atoms with Crippen molar-refractivity contribution in [1.29, 1.82) is 0 Å². The van der Waals surface area contributed by atoms with Crippen molar-refractivity contribution >= 4 is 0 Å². The fourth-order valence-corrected chi connectivity index (χ4v) is 3.03. The topological polar surface area (TPSA) is 0 Å². The average molecular weight is 360 g/mol. The van der Waals surface area contributed by atoms with E-state index < -0.39 is 28.9 Å². The number of rotatable bonds is 4. The highest BCUT2D eigenvalue weighted by atomic mass is 19.4. The molecule has 2 rings (SSSR count). The van der Waals surface area contributed by atoms with E-state index in [1.54, 1.807) is 0 Å². The number of hydrogen-bond acceptors (Lipinski definition) is 0. The van der Waals surface area contributed by atoms with E-state index >= 15 is 0 Å². The third-order valence-corrected chi connectivity index (χ3v) is 4.09. The molecule has 0 heterocycles. The van der Waals surface area contributed by atoms with Crippen LogP contribution in [0.25, 0.3) is 0 Å². The highest BCUT2D eigenvalue weighted by Crippen LogP contribution is 2.56. The zero-order valence-corrected chi connectivity index (χ0v) is 13.7. The molecule has 0 fully saturated rings. The summed E-state index contributed by atoms with van der Waals surface area (Å²) in [4.78, 5) is 0. The van der Waals surface area contributed by atoms with Crippen molar-refractivity contribution in [3.05, 3.63) is 71.3 Å². The van der Waals surface area contributed by atoms with Crippen LogP contribution >= 0.6 is 0 Å². The second kappa shape index (κ2) is 6.73. The molecule has 0 nitrogen and oxygen atoms in total. The van der Waals surface area contributed by atoms with Crippen molar-refractivity contribution in [2.24, 2.45) is 5.92 Å². The van der Waals surface area contributed by atoms with Crippen LogP contribution in [0.4, 0.5) is 26.3 Å². The highest BCUT2D eigenvalue weighted by molar-refractivity contribution is 5.44. The van der Waals surface area contributed by atoms with Gasteiger partial charge in [0.15, 0.2) is 0 Å². The molecule has 0 bridgehead atoms. The molecule has 25 heavy (non-hydrogen) atoms. The molecule has 0 N–H and O–H groups in total. The van der Waals surface area contributed by atoms with Crippen LogP contribution in [0.15, 0.2) is 54.6 Å². The Bertz CT molecular complexity index is 667. The molecule has 0 atom stereocenters. The summed E-state index contributed by atoms with van der Waals surface area (Å²) in [6, 6.07) is 10.0. The third kappa shape index (κ3) is 3.53. The molecule has 2 aromatic rings. The lowest BCUT2D eigenvalue weighted by Gasteiger charge is -2.38. The Morgan fingerprint density at radius 3 is 1.52 bits per heavy atom. The first-order valence-electron chi connectivity index (χ1n) is 7.78. The maximum Gasteiger partial charge on any atom is 0.411 e. The molecule has 6 heteroatoms. The molecule has 0 aromatic heterocycles. The number of alkyl halides is 6. The van der Waals surface area contributed by atoms with Gasteiger partial charge in [-0.1, -0.05) is 68.4 Å². The Kier molecular flexibility index (Phi) is 5.21. The first-order valence-corrected chi connectivity index (χ1v) is 7.78. The summed E-state index contributed by atoms with van der Waals surface area (Å²) in [5.74, 6) is 0.245. The van der Waals surface area contributed by atoms with E-state index in [4.69, 9.17) is 0 Å². The van der Waals surface area contributed by atoms with Gasteiger partial charge in [-0.15, -0.1) is 0 Å². The van der Waals surface area contributed by atoms with E-state index in [0.29, 0.717) is 12.0 Å². The Morgan fingerprint density at radius 1 is 0.680 bits per heavy atom. The maximum absolute atomic E-state index is 13.8. The predicted molar refractivity (Wildman–Crippen MR) is 84.3 cm³/mol. The van der Waals surface area contributed by atoms with E-state index in [0.717, 1.165) is 24.3 Å². The summed E-state index contributed by atoms with van der Waals surface area (Å²) in [5.41, 5.74) is -5.03. The zero-order valence-electron chi connectivity index (χ0n) is 13.7. The third-order valence-electron chi connectivity index (χ3n) is 4.09.